The lowest BCUT2D eigenvalue weighted by molar-refractivity contribution is 0.276. The zero-order valence-electron chi connectivity index (χ0n) is 16.5. The highest BCUT2D eigenvalue weighted by Crippen LogP contribution is 2.32. The van der Waals surface area contributed by atoms with Gasteiger partial charge in [-0.15, -0.1) is 0 Å². The summed E-state index contributed by atoms with van der Waals surface area (Å²) in [5.74, 6) is 1.36. The van der Waals surface area contributed by atoms with Crippen molar-refractivity contribution in [2.75, 3.05) is 0 Å². The summed E-state index contributed by atoms with van der Waals surface area (Å²) in [6.45, 7) is 0. The Hall–Kier alpha value is -2.75. The van der Waals surface area contributed by atoms with Crippen LogP contribution in [0.25, 0.3) is 22.3 Å². The molecule has 0 aliphatic heterocycles. The molecule has 0 unspecified atom stereocenters. The molecule has 0 heterocycles. The Morgan fingerprint density at radius 1 is 0.500 bits per heavy atom. The third-order valence-electron chi connectivity index (χ3n) is 4.90. The lowest BCUT2D eigenvalue weighted by Crippen LogP contribution is -1.92. The average molecular weight is 427 g/mol. The van der Waals surface area contributed by atoms with Crippen LogP contribution in [-0.4, -0.2) is 4.45 Å². The molecule has 30 heavy (non-hydrogen) atoms. The van der Waals surface area contributed by atoms with Crippen molar-refractivity contribution in [3.63, 3.8) is 0 Å². The molecule has 0 bridgehead atoms. The van der Waals surface area contributed by atoms with Gasteiger partial charge in [-0.2, -0.15) is 0 Å². The SMILES string of the molecule is O=C(SCc1ccccc1-c1ccccc1)SCc1ccccc1-c1ccccc1. The number of rotatable bonds is 6. The number of hydrogen-bond donors (Lipinski definition) is 0. The highest BCUT2D eigenvalue weighted by molar-refractivity contribution is 8.37. The Bertz CT molecular complexity index is 1020. The Morgan fingerprint density at radius 3 is 1.30 bits per heavy atom. The van der Waals surface area contributed by atoms with Gasteiger partial charge in [0, 0.05) is 11.5 Å². The third-order valence-corrected chi connectivity index (χ3v) is 6.98. The van der Waals surface area contributed by atoms with Gasteiger partial charge in [-0.05, 0) is 33.4 Å². The Morgan fingerprint density at radius 2 is 0.867 bits per heavy atom. The molecular weight excluding hydrogens is 404 g/mol. The first-order valence-electron chi connectivity index (χ1n) is 9.87. The molecule has 4 aromatic carbocycles. The van der Waals surface area contributed by atoms with E-state index in [0.29, 0.717) is 11.5 Å². The van der Waals surface area contributed by atoms with Gasteiger partial charge >= 0.3 is 0 Å². The van der Waals surface area contributed by atoms with E-state index in [2.05, 4.69) is 48.5 Å². The average Bonchev–Trinajstić information content (AvgIpc) is 2.83. The summed E-state index contributed by atoms with van der Waals surface area (Å²) in [7, 11) is 0. The summed E-state index contributed by atoms with van der Waals surface area (Å²) >= 11 is 2.77. The van der Waals surface area contributed by atoms with Crippen molar-refractivity contribution in [2.45, 2.75) is 11.5 Å². The molecule has 1 nitrogen and oxygen atoms in total. The molecule has 0 amide bonds. The number of hydrogen-bond acceptors (Lipinski definition) is 3. The zero-order valence-corrected chi connectivity index (χ0v) is 18.2. The largest absolute Gasteiger partial charge is 0.274 e. The molecule has 4 rings (SSSR count). The number of carbonyl (C=O) groups is 1. The first-order valence-corrected chi connectivity index (χ1v) is 11.8. The summed E-state index contributed by atoms with van der Waals surface area (Å²) in [6.07, 6.45) is 0. The summed E-state index contributed by atoms with van der Waals surface area (Å²) in [6, 6.07) is 37.3. The van der Waals surface area contributed by atoms with E-state index in [9.17, 15) is 4.79 Å². The van der Waals surface area contributed by atoms with Gasteiger partial charge < -0.3 is 0 Å². The Balaban J connectivity index is 1.40. The molecule has 148 valence electrons. The van der Waals surface area contributed by atoms with Gasteiger partial charge in [0.1, 0.15) is 0 Å². The van der Waals surface area contributed by atoms with Gasteiger partial charge in [-0.3, -0.25) is 4.79 Å². The fourth-order valence-corrected chi connectivity index (χ4v) is 5.14. The number of benzene rings is 4. The standard InChI is InChI=1S/C27H22OS2/c28-27(29-19-23-15-7-9-17-25(23)21-11-3-1-4-12-21)30-20-24-16-8-10-18-26(24)22-13-5-2-6-14-22/h1-18H,19-20H2. The van der Waals surface area contributed by atoms with Gasteiger partial charge in [0.15, 0.2) is 0 Å². The van der Waals surface area contributed by atoms with Crippen LogP contribution in [-0.2, 0) is 11.5 Å². The molecule has 0 saturated heterocycles. The van der Waals surface area contributed by atoms with Gasteiger partial charge in [0.25, 0.3) is 0 Å². The summed E-state index contributed by atoms with van der Waals surface area (Å²) in [5, 5.41) is 0. The van der Waals surface area contributed by atoms with Crippen LogP contribution in [0, 0.1) is 0 Å². The molecular formula is C27H22OS2. The van der Waals surface area contributed by atoms with Crippen LogP contribution in [0.1, 0.15) is 11.1 Å². The predicted molar refractivity (Wildman–Crippen MR) is 132 cm³/mol. The smallest absolute Gasteiger partial charge is 0.246 e. The minimum Gasteiger partial charge on any atom is -0.274 e. The van der Waals surface area contributed by atoms with E-state index in [4.69, 9.17) is 0 Å². The molecule has 4 aromatic rings. The summed E-state index contributed by atoms with van der Waals surface area (Å²) in [5.41, 5.74) is 7.13. The number of carbonyl (C=O) groups excluding carboxylic acids is 1. The molecule has 0 aliphatic carbocycles. The van der Waals surface area contributed by atoms with E-state index >= 15 is 0 Å². The van der Waals surface area contributed by atoms with E-state index in [1.54, 1.807) is 0 Å². The van der Waals surface area contributed by atoms with Gasteiger partial charge in [0.2, 0.25) is 4.45 Å². The molecule has 0 radical (unpaired) electrons. The van der Waals surface area contributed by atoms with Crippen LogP contribution in [0.15, 0.2) is 109 Å². The topological polar surface area (TPSA) is 17.1 Å². The van der Waals surface area contributed by atoms with E-state index in [0.717, 1.165) is 0 Å². The van der Waals surface area contributed by atoms with E-state index in [1.165, 1.54) is 56.9 Å². The zero-order chi connectivity index (χ0) is 20.6. The fraction of sp³-hybridized carbons (Fsp3) is 0.0741. The first kappa shape index (κ1) is 20.5. The van der Waals surface area contributed by atoms with Crippen LogP contribution in [0.3, 0.4) is 0 Å². The summed E-state index contributed by atoms with van der Waals surface area (Å²) in [4.78, 5) is 12.6. The molecule has 0 atom stereocenters. The molecule has 3 heteroatoms. The Kier molecular flexibility index (Phi) is 7.07. The van der Waals surface area contributed by atoms with Crippen LogP contribution in [0.2, 0.25) is 0 Å². The second kappa shape index (κ2) is 10.3. The highest BCUT2D eigenvalue weighted by Gasteiger charge is 2.11. The van der Waals surface area contributed by atoms with Crippen molar-refractivity contribution in [2.24, 2.45) is 0 Å². The second-order valence-electron chi connectivity index (χ2n) is 6.87. The Labute approximate surface area is 186 Å². The van der Waals surface area contributed by atoms with Gasteiger partial charge in [0.05, 0.1) is 0 Å². The normalized spacial score (nSPS) is 10.7. The van der Waals surface area contributed by atoms with Crippen molar-refractivity contribution >= 4 is 28.0 Å². The quantitative estimate of drug-likeness (QED) is 0.308. The fourth-order valence-electron chi connectivity index (χ4n) is 3.41. The maximum Gasteiger partial charge on any atom is 0.246 e. The maximum absolute atomic E-state index is 12.6. The minimum absolute atomic E-state index is 0.153. The van der Waals surface area contributed by atoms with Crippen molar-refractivity contribution in [1.82, 2.24) is 0 Å². The lowest BCUT2D eigenvalue weighted by Gasteiger charge is -2.10. The van der Waals surface area contributed by atoms with E-state index in [1.807, 2.05) is 60.7 Å². The van der Waals surface area contributed by atoms with Crippen LogP contribution < -0.4 is 0 Å². The van der Waals surface area contributed by atoms with Crippen molar-refractivity contribution in [1.29, 1.82) is 0 Å². The molecule has 0 saturated carbocycles. The number of thioether (sulfide) groups is 2. The monoisotopic (exact) mass is 426 g/mol. The van der Waals surface area contributed by atoms with E-state index in [-0.39, 0.29) is 4.45 Å². The molecule has 0 aliphatic rings. The minimum atomic E-state index is 0.153. The van der Waals surface area contributed by atoms with Crippen molar-refractivity contribution < 1.29 is 4.79 Å². The molecule has 0 spiro atoms. The first-order chi connectivity index (χ1) is 14.8. The lowest BCUT2D eigenvalue weighted by atomic mass is 10.0. The molecule has 0 fully saturated rings. The van der Waals surface area contributed by atoms with Gasteiger partial charge in [-0.1, -0.05) is 133 Å². The molecule has 0 N–H and O–H groups in total. The van der Waals surface area contributed by atoms with Crippen LogP contribution in [0.5, 0.6) is 0 Å². The third kappa shape index (κ3) is 5.24. The highest BCUT2D eigenvalue weighted by atomic mass is 32.2. The summed E-state index contributed by atoms with van der Waals surface area (Å²) < 4.78 is 0.153. The maximum atomic E-state index is 12.6. The van der Waals surface area contributed by atoms with Crippen LogP contribution >= 0.6 is 23.5 Å². The second-order valence-corrected chi connectivity index (χ2v) is 9.03. The predicted octanol–water partition coefficient (Wildman–Crippen LogP) is 8.31. The molecule has 0 aromatic heterocycles. The van der Waals surface area contributed by atoms with E-state index < -0.39 is 0 Å². The van der Waals surface area contributed by atoms with Gasteiger partial charge in [-0.25, -0.2) is 0 Å². The van der Waals surface area contributed by atoms with Crippen molar-refractivity contribution in [3.05, 3.63) is 120 Å². The van der Waals surface area contributed by atoms with Crippen molar-refractivity contribution in [3.8, 4) is 22.3 Å². The van der Waals surface area contributed by atoms with Crippen LogP contribution in [0.4, 0.5) is 4.79 Å².